The third-order valence-electron chi connectivity index (χ3n) is 10.2. The molecule has 2 aromatic carbocycles. The van der Waals surface area contributed by atoms with Crippen LogP contribution in [0.5, 0.6) is 0 Å². The molecule has 1 N–H and O–H groups in total. The van der Waals surface area contributed by atoms with Crippen LogP contribution in [-0.4, -0.2) is 49.2 Å². The molecule has 0 radical (unpaired) electrons. The van der Waals surface area contributed by atoms with Gasteiger partial charge in [0.25, 0.3) is 5.91 Å². The van der Waals surface area contributed by atoms with Gasteiger partial charge in [-0.25, -0.2) is 4.98 Å². The maximum Gasteiger partial charge on any atom is 0.416 e. The molecule has 1 spiro atoms. The lowest BCUT2D eigenvalue weighted by molar-refractivity contribution is -0.138. The van der Waals surface area contributed by atoms with E-state index in [1.165, 1.54) is 23.8 Å². The number of hydrogen-bond acceptors (Lipinski definition) is 7. The fraction of sp³-hybridized carbons (Fsp3) is 0.400. The van der Waals surface area contributed by atoms with Gasteiger partial charge in [0, 0.05) is 31.3 Å². The van der Waals surface area contributed by atoms with Crippen molar-refractivity contribution in [3.05, 3.63) is 77.1 Å². The Bertz CT molecular complexity index is 1950. The highest BCUT2D eigenvalue weighted by Gasteiger charge is 2.48. The van der Waals surface area contributed by atoms with Crippen LogP contribution in [0.4, 0.5) is 24.8 Å². The van der Waals surface area contributed by atoms with Crippen LogP contribution in [-0.2, 0) is 26.3 Å². The van der Waals surface area contributed by atoms with Crippen LogP contribution in [0.3, 0.4) is 0 Å². The van der Waals surface area contributed by atoms with E-state index in [2.05, 4.69) is 26.5 Å². The molecule has 9 nitrogen and oxygen atoms in total. The lowest BCUT2D eigenvalue weighted by Gasteiger charge is -2.21. The Morgan fingerprint density at radius 1 is 1.02 bits per heavy atom. The molecule has 2 saturated carbocycles. The molecule has 1 saturated heterocycles. The number of hydrogen-bond donors (Lipinski definition) is 1. The zero-order valence-electron chi connectivity index (χ0n) is 25.9. The van der Waals surface area contributed by atoms with Crippen molar-refractivity contribution in [2.45, 2.75) is 63.3 Å². The molecule has 1 amide bonds. The van der Waals surface area contributed by atoms with Gasteiger partial charge in [-0.3, -0.25) is 14.6 Å². The largest absolute Gasteiger partial charge is 0.416 e. The molecule has 2 aromatic heterocycles. The van der Waals surface area contributed by atoms with E-state index in [0.717, 1.165) is 43.5 Å². The number of aromatic nitrogens is 4. The van der Waals surface area contributed by atoms with Crippen LogP contribution in [0.1, 0.15) is 65.6 Å². The normalized spacial score (nSPS) is 19.2. The van der Waals surface area contributed by atoms with Gasteiger partial charge >= 0.3 is 6.18 Å². The number of rotatable bonds is 8. The Hall–Kier alpha value is -4.76. The molecule has 0 unspecified atom stereocenters. The average molecular weight is 639 g/mol. The smallest absolute Gasteiger partial charge is 0.364 e. The van der Waals surface area contributed by atoms with Crippen LogP contribution >= 0.6 is 0 Å². The number of carbonyl (C=O) groups is 1. The molecule has 2 aliphatic carbocycles. The van der Waals surface area contributed by atoms with Crippen molar-refractivity contribution < 1.29 is 18.0 Å². The number of nitriles is 1. The summed E-state index contributed by atoms with van der Waals surface area (Å²) in [5.74, 6) is 0.801. The predicted molar refractivity (Wildman–Crippen MR) is 169 cm³/mol. The van der Waals surface area contributed by atoms with Gasteiger partial charge in [0.2, 0.25) is 0 Å². The molecule has 4 heterocycles. The first-order valence-electron chi connectivity index (χ1n) is 15.9. The minimum absolute atomic E-state index is 0.0318. The Balaban J connectivity index is 1.19. The Labute approximate surface area is 270 Å². The molecular formula is C35H33F3N8O. The van der Waals surface area contributed by atoms with Gasteiger partial charge in [0.1, 0.15) is 18.0 Å². The van der Waals surface area contributed by atoms with E-state index in [-0.39, 0.29) is 29.9 Å². The monoisotopic (exact) mass is 638 g/mol. The van der Waals surface area contributed by atoms with E-state index in [1.807, 2.05) is 37.4 Å². The van der Waals surface area contributed by atoms with E-state index < -0.39 is 23.2 Å². The van der Waals surface area contributed by atoms with Gasteiger partial charge in [0.05, 0.1) is 30.1 Å². The molecule has 12 heteroatoms. The summed E-state index contributed by atoms with van der Waals surface area (Å²) >= 11 is 0. The summed E-state index contributed by atoms with van der Waals surface area (Å²) in [7, 11) is 1.84. The summed E-state index contributed by atoms with van der Waals surface area (Å²) in [6, 6.07) is 16.3. The van der Waals surface area contributed by atoms with Crippen LogP contribution in [0.15, 0.2) is 54.9 Å². The summed E-state index contributed by atoms with van der Waals surface area (Å²) in [5, 5.41) is 21.2. The second-order valence-electron chi connectivity index (χ2n) is 13.7. The number of nitrogens with zero attached hydrogens (tertiary/aromatic N) is 7. The van der Waals surface area contributed by atoms with Crippen molar-refractivity contribution in [1.82, 2.24) is 24.6 Å². The maximum atomic E-state index is 14.5. The number of anilines is 2. The van der Waals surface area contributed by atoms with Crippen LogP contribution in [0, 0.1) is 16.7 Å². The van der Waals surface area contributed by atoms with Gasteiger partial charge < -0.3 is 9.88 Å². The number of halogens is 3. The highest BCUT2D eigenvalue weighted by molar-refractivity contribution is 6.10. The van der Waals surface area contributed by atoms with Gasteiger partial charge in [-0.05, 0) is 90.6 Å². The van der Waals surface area contributed by atoms with Crippen LogP contribution in [0.2, 0.25) is 0 Å². The first kappa shape index (κ1) is 29.6. The van der Waals surface area contributed by atoms with Crippen molar-refractivity contribution in [2.75, 3.05) is 23.3 Å². The molecule has 3 fully saturated rings. The molecule has 0 atom stereocenters. The van der Waals surface area contributed by atoms with Crippen LogP contribution in [0.25, 0.3) is 22.5 Å². The molecular weight excluding hydrogens is 605 g/mol. The standard InChI is InChI=1S/C35H33F3N8O/c1-44-21-40-43-31(44)25-5-3-2-4-24(25)23-16-29(42-34(8-9-34)10-12-39)41-30(17-23)46-19-27-26(32(46)47)14-22(15-28(27)35(36,37)38)18-45-13-11-33(20-45)6-7-33/h2-5,14-17,21H,6-11,13,18-20H2,1H3,(H,41,42). The minimum Gasteiger partial charge on any atom is -0.364 e. The molecule has 4 aliphatic rings. The molecule has 8 rings (SSSR count). The quantitative estimate of drug-likeness (QED) is 0.233. The molecule has 4 aromatic rings. The summed E-state index contributed by atoms with van der Waals surface area (Å²) in [4.78, 5) is 22.4. The third kappa shape index (κ3) is 5.42. The Kier molecular flexibility index (Phi) is 6.70. The first-order chi connectivity index (χ1) is 22.6. The summed E-state index contributed by atoms with van der Waals surface area (Å²) in [5.41, 5.74) is 1.97. The Morgan fingerprint density at radius 2 is 1.81 bits per heavy atom. The highest BCUT2D eigenvalue weighted by atomic mass is 19.4. The van der Waals surface area contributed by atoms with Crippen molar-refractivity contribution in [2.24, 2.45) is 12.5 Å². The minimum atomic E-state index is -4.62. The maximum absolute atomic E-state index is 14.5. The fourth-order valence-electron chi connectivity index (χ4n) is 7.25. The number of aryl methyl sites for hydroxylation is 1. The first-order valence-corrected chi connectivity index (χ1v) is 15.9. The van der Waals surface area contributed by atoms with E-state index >= 15 is 0 Å². The van der Waals surface area contributed by atoms with Crippen LogP contribution < -0.4 is 10.2 Å². The zero-order valence-corrected chi connectivity index (χ0v) is 25.9. The van der Waals surface area contributed by atoms with Crippen molar-refractivity contribution in [3.63, 3.8) is 0 Å². The summed E-state index contributed by atoms with van der Waals surface area (Å²) < 4.78 is 45.4. The average Bonchev–Trinajstić information content (AvgIpc) is 3.83. The number of pyridine rings is 1. The number of alkyl halides is 3. The second kappa shape index (κ2) is 10.6. The number of fused-ring (bicyclic) bond motifs is 1. The molecule has 2 aliphatic heterocycles. The second-order valence-corrected chi connectivity index (χ2v) is 13.7. The topological polar surface area (TPSA) is 103 Å². The number of nitrogens with one attached hydrogen (secondary N) is 1. The molecule has 0 bridgehead atoms. The summed E-state index contributed by atoms with van der Waals surface area (Å²) in [6.07, 6.45) is 2.29. The van der Waals surface area contributed by atoms with Gasteiger partial charge in [-0.1, -0.05) is 24.3 Å². The van der Waals surface area contributed by atoms with E-state index in [0.29, 0.717) is 34.7 Å². The van der Waals surface area contributed by atoms with Crippen molar-refractivity contribution in [1.29, 1.82) is 5.26 Å². The van der Waals surface area contributed by atoms with Crippen molar-refractivity contribution in [3.8, 4) is 28.6 Å². The van der Waals surface area contributed by atoms with Gasteiger partial charge in [-0.15, -0.1) is 10.2 Å². The number of benzene rings is 2. The van der Waals surface area contributed by atoms with Gasteiger partial charge in [0.15, 0.2) is 5.82 Å². The number of amides is 1. The highest BCUT2D eigenvalue weighted by Crippen LogP contribution is 2.53. The van der Waals surface area contributed by atoms with E-state index in [9.17, 15) is 23.2 Å². The lowest BCUT2D eigenvalue weighted by atomic mass is 9.98. The lowest BCUT2D eigenvalue weighted by Crippen LogP contribution is -2.26. The predicted octanol–water partition coefficient (Wildman–Crippen LogP) is 6.57. The van der Waals surface area contributed by atoms with Crippen molar-refractivity contribution >= 4 is 17.5 Å². The summed E-state index contributed by atoms with van der Waals surface area (Å²) in [6.45, 7) is 1.88. The fourth-order valence-corrected chi connectivity index (χ4v) is 7.25. The van der Waals surface area contributed by atoms with Gasteiger partial charge in [-0.2, -0.15) is 18.4 Å². The number of carbonyl (C=O) groups excluding carboxylic acids is 1. The zero-order chi connectivity index (χ0) is 32.6. The van der Waals surface area contributed by atoms with E-state index in [1.54, 1.807) is 23.0 Å². The Morgan fingerprint density at radius 3 is 2.47 bits per heavy atom. The molecule has 47 heavy (non-hydrogen) atoms. The SMILES string of the molecule is Cn1cnnc1-c1ccccc1-c1cc(NC2(CC#N)CC2)nc(N2Cc3c(cc(CN4CCC5(CC5)C4)cc3C(F)(F)F)C2=O)c1. The third-order valence-corrected chi connectivity index (χ3v) is 10.2. The number of likely N-dealkylation sites (tertiary alicyclic amines) is 1. The van der Waals surface area contributed by atoms with E-state index in [4.69, 9.17) is 4.98 Å². The molecule has 240 valence electrons.